The van der Waals surface area contributed by atoms with E-state index in [0.29, 0.717) is 18.2 Å². The highest BCUT2D eigenvalue weighted by Crippen LogP contribution is 2.21. The highest BCUT2D eigenvalue weighted by atomic mass is 32.2. The van der Waals surface area contributed by atoms with Gasteiger partial charge in [-0.05, 0) is 12.0 Å². The molecule has 6 heteroatoms. The number of thiophene rings is 1. The van der Waals surface area contributed by atoms with E-state index in [1.165, 1.54) is 6.07 Å². The molecule has 0 aromatic carbocycles. The van der Waals surface area contributed by atoms with Gasteiger partial charge >= 0.3 is 0 Å². The zero-order chi connectivity index (χ0) is 11.5. The van der Waals surface area contributed by atoms with Crippen molar-refractivity contribution in [1.82, 2.24) is 4.72 Å². The first-order chi connectivity index (χ1) is 6.95. The Morgan fingerprint density at radius 2 is 2.27 bits per heavy atom. The lowest BCUT2D eigenvalue weighted by molar-refractivity contribution is 0.529. The van der Waals surface area contributed by atoms with Crippen LogP contribution in [0.25, 0.3) is 0 Å². The first-order valence-corrected chi connectivity index (χ1v) is 7.15. The van der Waals surface area contributed by atoms with Crippen LogP contribution in [-0.4, -0.2) is 15.0 Å². The summed E-state index contributed by atoms with van der Waals surface area (Å²) in [4.78, 5) is 0. The molecule has 0 aliphatic rings. The summed E-state index contributed by atoms with van der Waals surface area (Å²) in [6.45, 7) is 4.50. The molecule has 3 N–H and O–H groups in total. The van der Waals surface area contributed by atoms with E-state index in [1.54, 1.807) is 5.38 Å². The molecule has 0 fully saturated rings. The number of nitrogen functional groups attached to an aromatic ring is 1. The molecule has 86 valence electrons. The molecule has 15 heavy (non-hydrogen) atoms. The monoisotopic (exact) mass is 248 g/mol. The summed E-state index contributed by atoms with van der Waals surface area (Å²) in [5, 5.41) is 1.62. The summed E-state index contributed by atoms with van der Waals surface area (Å²) >= 11 is 1.14. The third-order valence-corrected chi connectivity index (χ3v) is 5.06. The Kier molecular flexibility index (Phi) is 4.12. The molecular weight excluding hydrogens is 232 g/mol. The van der Waals surface area contributed by atoms with Crippen molar-refractivity contribution in [3.63, 3.8) is 0 Å². The van der Waals surface area contributed by atoms with E-state index in [9.17, 15) is 8.42 Å². The summed E-state index contributed by atoms with van der Waals surface area (Å²) in [5.74, 6) is 0.345. The molecule has 1 atom stereocenters. The Morgan fingerprint density at radius 3 is 2.73 bits per heavy atom. The Labute approximate surface area is 94.5 Å². The van der Waals surface area contributed by atoms with Crippen molar-refractivity contribution in [3.05, 3.63) is 11.4 Å². The number of anilines is 1. The zero-order valence-corrected chi connectivity index (χ0v) is 10.5. The second-order valence-corrected chi connectivity index (χ2v) is 6.47. The van der Waals surface area contributed by atoms with Gasteiger partial charge in [0.2, 0.25) is 10.0 Å². The van der Waals surface area contributed by atoms with Crippen LogP contribution in [0.5, 0.6) is 0 Å². The van der Waals surface area contributed by atoms with Crippen LogP contribution in [0.3, 0.4) is 0 Å². The molecular formula is C9H16N2O2S2. The normalized spacial score (nSPS) is 14.0. The molecule has 0 aliphatic heterocycles. The number of rotatable bonds is 5. The average Bonchev–Trinajstić information content (AvgIpc) is 2.62. The van der Waals surface area contributed by atoms with Crippen LogP contribution >= 0.6 is 11.3 Å². The lowest BCUT2D eigenvalue weighted by Crippen LogP contribution is -2.27. The van der Waals surface area contributed by atoms with Crippen molar-refractivity contribution in [1.29, 1.82) is 0 Å². The van der Waals surface area contributed by atoms with Crippen molar-refractivity contribution < 1.29 is 8.42 Å². The van der Waals surface area contributed by atoms with Crippen LogP contribution < -0.4 is 10.5 Å². The first-order valence-electron chi connectivity index (χ1n) is 4.79. The first kappa shape index (κ1) is 12.5. The molecule has 1 aromatic heterocycles. The van der Waals surface area contributed by atoms with Crippen molar-refractivity contribution in [2.24, 2.45) is 5.92 Å². The number of nitrogens with two attached hydrogens (primary N) is 1. The molecule has 0 aliphatic carbocycles. The minimum atomic E-state index is -3.36. The van der Waals surface area contributed by atoms with E-state index in [0.717, 1.165) is 17.8 Å². The van der Waals surface area contributed by atoms with E-state index >= 15 is 0 Å². The summed E-state index contributed by atoms with van der Waals surface area (Å²) in [5.41, 5.74) is 5.97. The van der Waals surface area contributed by atoms with E-state index in [-0.39, 0.29) is 4.21 Å². The van der Waals surface area contributed by atoms with Crippen molar-refractivity contribution >= 4 is 27.0 Å². The number of sulfonamides is 1. The predicted molar refractivity (Wildman–Crippen MR) is 63.4 cm³/mol. The molecule has 0 radical (unpaired) electrons. The number of hydrogen-bond donors (Lipinski definition) is 2. The molecule has 1 unspecified atom stereocenters. The smallest absolute Gasteiger partial charge is 0.250 e. The quantitative estimate of drug-likeness (QED) is 0.832. The second-order valence-electron chi connectivity index (χ2n) is 3.56. The van der Waals surface area contributed by atoms with Gasteiger partial charge in [0.25, 0.3) is 0 Å². The molecule has 4 nitrogen and oxygen atoms in total. The van der Waals surface area contributed by atoms with Crippen LogP contribution in [0.15, 0.2) is 15.7 Å². The van der Waals surface area contributed by atoms with Crippen LogP contribution in [-0.2, 0) is 10.0 Å². The van der Waals surface area contributed by atoms with Gasteiger partial charge in [0.15, 0.2) is 0 Å². The maximum Gasteiger partial charge on any atom is 0.250 e. The Hall–Kier alpha value is -0.590. The maximum atomic E-state index is 11.7. The summed E-state index contributed by atoms with van der Waals surface area (Å²) in [7, 11) is -3.36. The summed E-state index contributed by atoms with van der Waals surface area (Å²) < 4.78 is 26.3. The van der Waals surface area contributed by atoms with Crippen LogP contribution in [0.2, 0.25) is 0 Å². The summed E-state index contributed by atoms with van der Waals surface area (Å²) in [6.07, 6.45) is 0.953. The highest BCUT2D eigenvalue weighted by Gasteiger charge is 2.16. The Morgan fingerprint density at radius 1 is 1.60 bits per heavy atom. The van der Waals surface area contributed by atoms with E-state index in [1.807, 2.05) is 13.8 Å². The molecule has 1 heterocycles. The molecule has 1 aromatic rings. The molecule has 0 spiro atoms. The standard InChI is InChI=1S/C9H16N2O2S2/c1-3-7(2)5-11-15(12,13)9-4-8(10)6-14-9/h4,6-7,11H,3,5,10H2,1-2H3. The van der Waals surface area contributed by atoms with Gasteiger partial charge in [-0.3, -0.25) is 0 Å². The fraction of sp³-hybridized carbons (Fsp3) is 0.556. The number of hydrogen-bond acceptors (Lipinski definition) is 4. The fourth-order valence-corrected chi connectivity index (χ4v) is 3.23. The molecule has 0 saturated heterocycles. The van der Waals surface area contributed by atoms with Gasteiger partial charge in [-0.2, -0.15) is 0 Å². The van der Waals surface area contributed by atoms with Gasteiger partial charge in [0.05, 0.1) is 0 Å². The van der Waals surface area contributed by atoms with Crippen molar-refractivity contribution in [2.75, 3.05) is 12.3 Å². The predicted octanol–water partition coefficient (Wildman–Crippen LogP) is 1.65. The van der Waals surface area contributed by atoms with E-state index in [2.05, 4.69) is 4.72 Å². The van der Waals surface area contributed by atoms with E-state index in [4.69, 9.17) is 5.73 Å². The number of nitrogens with one attached hydrogen (secondary N) is 1. The van der Waals surface area contributed by atoms with Crippen molar-refractivity contribution in [3.8, 4) is 0 Å². The van der Waals surface area contributed by atoms with E-state index < -0.39 is 10.0 Å². The fourth-order valence-electron chi connectivity index (χ4n) is 0.939. The topological polar surface area (TPSA) is 72.2 Å². The zero-order valence-electron chi connectivity index (χ0n) is 8.86. The lowest BCUT2D eigenvalue weighted by Gasteiger charge is -2.09. The molecule has 0 amide bonds. The van der Waals surface area contributed by atoms with Crippen molar-refractivity contribution in [2.45, 2.75) is 24.5 Å². The van der Waals surface area contributed by atoms with Crippen LogP contribution in [0.4, 0.5) is 5.69 Å². The third-order valence-electron chi connectivity index (χ3n) is 2.18. The average molecular weight is 248 g/mol. The highest BCUT2D eigenvalue weighted by molar-refractivity contribution is 7.91. The largest absolute Gasteiger partial charge is 0.398 e. The van der Waals surface area contributed by atoms with Gasteiger partial charge in [-0.25, -0.2) is 13.1 Å². The minimum Gasteiger partial charge on any atom is -0.398 e. The van der Waals surface area contributed by atoms with Crippen LogP contribution in [0.1, 0.15) is 20.3 Å². The third kappa shape index (κ3) is 3.48. The summed E-state index contributed by atoms with van der Waals surface area (Å²) in [6, 6.07) is 1.48. The van der Waals surface area contributed by atoms with Gasteiger partial charge in [0, 0.05) is 17.6 Å². The SMILES string of the molecule is CCC(C)CNS(=O)(=O)c1cc(N)cs1. The van der Waals surface area contributed by atoms with Gasteiger partial charge in [-0.1, -0.05) is 20.3 Å². The second kappa shape index (κ2) is 4.96. The maximum absolute atomic E-state index is 11.7. The Balaban J connectivity index is 2.68. The molecule has 1 rings (SSSR count). The molecule has 0 bridgehead atoms. The van der Waals surface area contributed by atoms with Crippen LogP contribution in [0, 0.1) is 5.92 Å². The Bertz CT molecular complexity index is 412. The minimum absolute atomic E-state index is 0.281. The van der Waals surface area contributed by atoms with Gasteiger partial charge in [0.1, 0.15) is 4.21 Å². The lowest BCUT2D eigenvalue weighted by atomic mass is 10.1. The molecule has 0 saturated carbocycles. The van der Waals surface area contributed by atoms with Gasteiger partial charge < -0.3 is 5.73 Å². The van der Waals surface area contributed by atoms with Gasteiger partial charge in [-0.15, -0.1) is 11.3 Å².